The topological polar surface area (TPSA) is 43.5 Å². The van der Waals surface area contributed by atoms with E-state index in [9.17, 15) is 0 Å². The smallest absolute Gasteiger partial charge is 0.123 e. The van der Waals surface area contributed by atoms with E-state index in [1.165, 1.54) is 24.8 Å². The zero-order valence-corrected chi connectivity index (χ0v) is 12.7. The van der Waals surface area contributed by atoms with Crippen molar-refractivity contribution in [2.45, 2.75) is 44.8 Å². The third-order valence-electron chi connectivity index (χ3n) is 3.69. The second-order valence-corrected chi connectivity index (χ2v) is 5.80. The van der Waals surface area contributed by atoms with Crippen LogP contribution < -0.4 is 9.47 Å². The Labute approximate surface area is 126 Å². The molecule has 0 bridgehead atoms. The minimum absolute atomic E-state index is 0.276. The van der Waals surface area contributed by atoms with Gasteiger partial charge in [0.05, 0.1) is 13.2 Å². The summed E-state index contributed by atoms with van der Waals surface area (Å²) in [6, 6.07) is 6.21. The molecular weight excluding hydrogens is 268 g/mol. The maximum atomic E-state index is 5.80. The van der Waals surface area contributed by atoms with Gasteiger partial charge in [0, 0.05) is 6.07 Å². The van der Waals surface area contributed by atoms with Gasteiger partial charge >= 0.3 is 0 Å². The van der Waals surface area contributed by atoms with Crippen molar-refractivity contribution in [2.75, 3.05) is 26.4 Å². The summed E-state index contributed by atoms with van der Waals surface area (Å²) in [6.45, 7) is 5.11. The zero-order chi connectivity index (χ0) is 14.5. The highest BCUT2D eigenvalue weighted by molar-refractivity contribution is 5.38. The number of epoxide rings is 2. The lowest BCUT2D eigenvalue weighted by molar-refractivity contribution is 0.252. The molecule has 0 amide bonds. The van der Waals surface area contributed by atoms with Crippen LogP contribution in [-0.4, -0.2) is 38.6 Å². The van der Waals surface area contributed by atoms with Gasteiger partial charge in [-0.15, -0.1) is 0 Å². The maximum Gasteiger partial charge on any atom is 0.123 e. The molecule has 0 radical (unpaired) electrons. The van der Waals surface area contributed by atoms with Crippen molar-refractivity contribution >= 4 is 0 Å². The number of ether oxygens (including phenoxy) is 4. The Balaban J connectivity index is 1.60. The quantitative estimate of drug-likeness (QED) is 0.491. The van der Waals surface area contributed by atoms with Crippen molar-refractivity contribution < 1.29 is 18.9 Å². The van der Waals surface area contributed by atoms with Crippen molar-refractivity contribution in [3.8, 4) is 11.5 Å². The molecule has 21 heavy (non-hydrogen) atoms. The van der Waals surface area contributed by atoms with Gasteiger partial charge in [0.2, 0.25) is 0 Å². The highest BCUT2D eigenvalue weighted by atomic mass is 16.6. The van der Waals surface area contributed by atoms with E-state index < -0.39 is 0 Å². The molecule has 4 heteroatoms. The third-order valence-corrected chi connectivity index (χ3v) is 3.69. The fraction of sp³-hybridized carbons (Fsp3) is 0.647. The Morgan fingerprint density at radius 2 is 1.52 bits per heavy atom. The number of hydrogen-bond donors (Lipinski definition) is 0. The van der Waals surface area contributed by atoms with Crippen LogP contribution in [0.1, 0.15) is 31.7 Å². The van der Waals surface area contributed by atoms with Crippen LogP contribution in [0.5, 0.6) is 11.5 Å². The molecule has 1 aromatic rings. The van der Waals surface area contributed by atoms with E-state index in [4.69, 9.17) is 18.9 Å². The highest BCUT2D eigenvalue weighted by Gasteiger charge is 2.24. The van der Waals surface area contributed by atoms with Crippen LogP contribution in [-0.2, 0) is 15.9 Å². The molecule has 116 valence electrons. The number of benzene rings is 1. The number of unbranched alkanes of at least 4 members (excludes halogenated alkanes) is 2. The summed E-state index contributed by atoms with van der Waals surface area (Å²) in [5, 5.41) is 0. The molecule has 0 N–H and O–H groups in total. The Morgan fingerprint density at radius 3 is 2.00 bits per heavy atom. The van der Waals surface area contributed by atoms with E-state index in [0.717, 1.165) is 31.1 Å². The second kappa shape index (κ2) is 7.14. The Kier molecular flexibility index (Phi) is 4.99. The molecule has 0 saturated carbocycles. The lowest BCUT2D eigenvalue weighted by Gasteiger charge is -2.11. The van der Waals surface area contributed by atoms with Crippen molar-refractivity contribution in [3.63, 3.8) is 0 Å². The predicted molar refractivity (Wildman–Crippen MR) is 80.1 cm³/mol. The van der Waals surface area contributed by atoms with Gasteiger partial charge in [-0.1, -0.05) is 19.8 Å². The minimum atomic E-state index is 0.276. The second-order valence-electron chi connectivity index (χ2n) is 5.80. The van der Waals surface area contributed by atoms with Gasteiger partial charge in [0.25, 0.3) is 0 Å². The average molecular weight is 292 g/mol. The van der Waals surface area contributed by atoms with Gasteiger partial charge in [0.1, 0.15) is 36.9 Å². The van der Waals surface area contributed by atoms with E-state index in [1.54, 1.807) is 0 Å². The first-order valence-electron chi connectivity index (χ1n) is 7.96. The summed E-state index contributed by atoms with van der Waals surface area (Å²) in [4.78, 5) is 0. The normalized spacial score (nSPS) is 22.9. The van der Waals surface area contributed by atoms with E-state index in [2.05, 4.69) is 19.1 Å². The molecule has 2 aliphatic rings. The van der Waals surface area contributed by atoms with Gasteiger partial charge in [0.15, 0.2) is 0 Å². The van der Waals surface area contributed by atoms with E-state index in [1.807, 2.05) is 6.07 Å². The van der Waals surface area contributed by atoms with Crippen LogP contribution in [0.3, 0.4) is 0 Å². The Bertz CT molecular complexity index is 418. The third kappa shape index (κ3) is 5.21. The highest BCUT2D eigenvalue weighted by Crippen LogP contribution is 2.26. The van der Waals surface area contributed by atoms with E-state index in [-0.39, 0.29) is 12.2 Å². The largest absolute Gasteiger partial charge is 0.491 e. The molecular formula is C17H24O4. The van der Waals surface area contributed by atoms with Crippen molar-refractivity contribution in [1.29, 1.82) is 0 Å². The molecule has 2 aliphatic heterocycles. The first-order valence-corrected chi connectivity index (χ1v) is 7.96. The van der Waals surface area contributed by atoms with Crippen LogP contribution in [0.15, 0.2) is 18.2 Å². The fourth-order valence-electron chi connectivity index (χ4n) is 2.23. The maximum absolute atomic E-state index is 5.80. The zero-order valence-electron chi connectivity index (χ0n) is 12.7. The summed E-state index contributed by atoms with van der Waals surface area (Å²) in [5.41, 5.74) is 1.28. The molecule has 2 atom stereocenters. The summed E-state index contributed by atoms with van der Waals surface area (Å²) < 4.78 is 22.0. The standard InChI is InChI=1S/C17H24O4/c1-2-3-4-5-13-6-14(18-9-16-11-20-16)8-15(7-13)19-10-17-12-21-17/h6-8,16-17H,2-5,9-12H2,1H3. The SMILES string of the molecule is CCCCCc1cc(OCC2CO2)cc(OCC2CO2)c1. The molecule has 4 nitrogen and oxygen atoms in total. The van der Waals surface area contributed by atoms with Gasteiger partial charge in [-0.3, -0.25) is 0 Å². The molecule has 2 saturated heterocycles. The molecule has 1 aromatic carbocycles. The first kappa shape index (κ1) is 14.7. The number of hydrogen-bond acceptors (Lipinski definition) is 4. The van der Waals surface area contributed by atoms with Gasteiger partial charge in [-0.05, 0) is 30.5 Å². The Morgan fingerprint density at radius 1 is 0.952 bits per heavy atom. The molecule has 0 aliphatic carbocycles. The monoisotopic (exact) mass is 292 g/mol. The van der Waals surface area contributed by atoms with Crippen molar-refractivity contribution in [2.24, 2.45) is 0 Å². The average Bonchev–Trinajstić information content (AvgIpc) is 3.38. The van der Waals surface area contributed by atoms with Crippen LogP contribution >= 0.6 is 0 Å². The Hall–Kier alpha value is -1.26. The molecule has 2 heterocycles. The van der Waals surface area contributed by atoms with Gasteiger partial charge < -0.3 is 18.9 Å². The van der Waals surface area contributed by atoms with Gasteiger partial charge in [-0.2, -0.15) is 0 Å². The summed E-state index contributed by atoms with van der Waals surface area (Å²) >= 11 is 0. The minimum Gasteiger partial charge on any atom is -0.491 e. The summed E-state index contributed by atoms with van der Waals surface area (Å²) in [7, 11) is 0. The van der Waals surface area contributed by atoms with Crippen LogP contribution in [0.25, 0.3) is 0 Å². The van der Waals surface area contributed by atoms with E-state index >= 15 is 0 Å². The van der Waals surface area contributed by atoms with Crippen molar-refractivity contribution in [3.05, 3.63) is 23.8 Å². The molecule has 0 aromatic heterocycles. The van der Waals surface area contributed by atoms with Crippen LogP contribution in [0.2, 0.25) is 0 Å². The first-order chi connectivity index (χ1) is 10.3. The summed E-state index contributed by atoms with van der Waals surface area (Å²) in [6.07, 6.45) is 5.32. The fourth-order valence-corrected chi connectivity index (χ4v) is 2.23. The van der Waals surface area contributed by atoms with Crippen LogP contribution in [0.4, 0.5) is 0 Å². The predicted octanol–water partition coefficient (Wildman–Crippen LogP) is 2.97. The van der Waals surface area contributed by atoms with Crippen molar-refractivity contribution in [1.82, 2.24) is 0 Å². The molecule has 2 fully saturated rings. The molecule has 3 rings (SSSR count). The molecule has 2 unspecified atom stereocenters. The van der Waals surface area contributed by atoms with Gasteiger partial charge in [-0.25, -0.2) is 0 Å². The molecule has 0 spiro atoms. The lowest BCUT2D eigenvalue weighted by atomic mass is 10.1. The lowest BCUT2D eigenvalue weighted by Crippen LogP contribution is -2.07. The van der Waals surface area contributed by atoms with E-state index in [0.29, 0.717) is 13.2 Å². The number of rotatable bonds is 10. The summed E-state index contributed by atoms with van der Waals surface area (Å²) in [5.74, 6) is 1.76. The van der Waals surface area contributed by atoms with Crippen LogP contribution in [0, 0.1) is 0 Å². The number of aryl methyl sites for hydroxylation is 1.